The van der Waals surface area contributed by atoms with Gasteiger partial charge in [-0.2, -0.15) is 0 Å². The first-order valence-electron chi connectivity index (χ1n) is 18.9. The summed E-state index contributed by atoms with van der Waals surface area (Å²) in [4.78, 5) is 63.4. The molecule has 1 N–H and O–H groups in total. The molecule has 1 unspecified atom stereocenters. The fraction of sp³-hybridized carbons (Fsp3) is 0.744. The fourth-order valence-corrected chi connectivity index (χ4v) is 8.52. The number of amides is 3. The van der Waals surface area contributed by atoms with Crippen LogP contribution in [0.5, 0.6) is 0 Å². The first-order chi connectivity index (χ1) is 23.3. The van der Waals surface area contributed by atoms with Gasteiger partial charge in [0.1, 0.15) is 18.2 Å². The van der Waals surface area contributed by atoms with Crippen LogP contribution in [0.2, 0.25) is 0 Å². The van der Waals surface area contributed by atoms with Crippen LogP contribution in [0.4, 0.5) is 0 Å². The molecule has 3 heterocycles. The van der Waals surface area contributed by atoms with Gasteiger partial charge in [0.2, 0.25) is 17.7 Å². The summed E-state index contributed by atoms with van der Waals surface area (Å²) in [6.07, 6.45) is 8.42. The van der Waals surface area contributed by atoms with Crippen molar-refractivity contribution >= 4 is 23.7 Å². The summed E-state index contributed by atoms with van der Waals surface area (Å²) in [5, 5.41) is 3.15. The number of carbonyl (C=O) groups excluding carboxylic acids is 4. The van der Waals surface area contributed by atoms with Crippen LogP contribution in [0.15, 0.2) is 24.3 Å². The van der Waals surface area contributed by atoms with Gasteiger partial charge in [-0.15, -0.1) is 0 Å². The lowest BCUT2D eigenvalue weighted by Crippen LogP contribution is -2.61. The van der Waals surface area contributed by atoms with E-state index in [1.807, 2.05) is 51.9 Å². The first-order valence-corrected chi connectivity index (χ1v) is 18.9. The maximum Gasteiger partial charge on any atom is 0.329 e. The molecule has 10 heteroatoms. The summed E-state index contributed by atoms with van der Waals surface area (Å²) in [5.74, 6) is -0.363. The van der Waals surface area contributed by atoms with Gasteiger partial charge in [0, 0.05) is 26.2 Å². The van der Waals surface area contributed by atoms with Crippen molar-refractivity contribution in [1.29, 1.82) is 0 Å². The minimum Gasteiger partial charge on any atom is -0.456 e. The molecule has 4 aliphatic rings. The number of hydrogen-bond donors (Lipinski definition) is 1. The van der Waals surface area contributed by atoms with Crippen molar-refractivity contribution in [3.63, 3.8) is 0 Å². The molecule has 272 valence electrons. The van der Waals surface area contributed by atoms with Crippen molar-refractivity contribution in [3.05, 3.63) is 35.4 Å². The molecule has 0 saturated carbocycles. The van der Waals surface area contributed by atoms with Gasteiger partial charge in [-0.05, 0) is 100 Å². The highest BCUT2D eigenvalue weighted by Gasteiger charge is 2.44. The van der Waals surface area contributed by atoms with E-state index in [1.165, 1.54) is 5.56 Å². The molecule has 1 aromatic rings. The number of rotatable bonds is 10. The largest absolute Gasteiger partial charge is 0.456 e. The van der Waals surface area contributed by atoms with Gasteiger partial charge in [0.05, 0.1) is 12.1 Å². The lowest BCUT2D eigenvalue weighted by atomic mass is 9.84. The number of piperidine rings is 1. The molecule has 3 saturated heterocycles. The topological polar surface area (TPSA) is 103 Å². The summed E-state index contributed by atoms with van der Waals surface area (Å²) >= 11 is 0. The third-order valence-electron chi connectivity index (χ3n) is 11.5. The van der Waals surface area contributed by atoms with Gasteiger partial charge in [-0.1, -0.05) is 65.3 Å². The molecule has 0 bridgehead atoms. The number of aryl methyl sites for hydroxylation is 1. The average molecular weight is 680 g/mol. The van der Waals surface area contributed by atoms with Crippen molar-refractivity contribution in [3.8, 4) is 0 Å². The number of nitrogens with zero attached hydrogens (tertiary/aromatic N) is 4. The van der Waals surface area contributed by atoms with Gasteiger partial charge in [-0.3, -0.25) is 24.2 Å². The lowest BCUT2D eigenvalue weighted by Gasteiger charge is -2.41. The maximum absolute atomic E-state index is 14.2. The average Bonchev–Trinajstić information content (AvgIpc) is 3.75. The third kappa shape index (κ3) is 8.50. The highest BCUT2D eigenvalue weighted by atomic mass is 16.5. The summed E-state index contributed by atoms with van der Waals surface area (Å²) in [5.41, 5.74) is 1.85. The number of esters is 1. The minimum absolute atomic E-state index is 0.00564. The van der Waals surface area contributed by atoms with E-state index in [0.29, 0.717) is 19.5 Å². The Morgan fingerprint density at radius 3 is 2.31 bits per heavy atom. The van der Waals surface area contributed by atoms with Gasteiger partial charge < -0.3 is 19.9 Å². The molecule has 49 heavy (non-hydrogen) atoms. The number of likely N-dealkylation sites (N-methyl/N-ethyl adjacent to an activating group) is 2. The number of likely N-dealkylation sites (tertiary alicyclic amines) is 3. The predicted molar refractivity (Wildman–Crippen MR) is 191 cm³/mol. The van der Waals surface area contributed by atoms with Crippen molar-refractivity contribution in [2.24, 2.45) is 11.3 Å². The Morgan fingerprint density at radius 1 is 0.898 bits per heavy atom. The van der Waals surface area contributed by atoms with E-state index in [2.05, 4.69) is 41.1 Å². The van der Waals surface area contributed by atoms with Gasteiger partial charge in [-0.25, -0.2) is 4.79 Å². The number of ether oxygens (including phenoxy) is 1. The molecule has 10 nitrogen and oxygen atoms in total. The van der Waals surface area contributed by atoms with Gasteiger partial charge in [0.15, 0.2) is 0 Å². The number of nitrogens with one attached hydrogen (secondary N) is 1. The van der Waals surface area contributed by atoms with Crippen LogP contribution >= 0.6 is 0 Å². The Kier molecular flexibility index (Phi) is 12.1. The van der Waals surface area contributed by atoms with Crippen LogP contribution in [0, 0.1) is 11.3 Å². The second-order valence-electron chi connectivity index (χ2n) is 16.4. The Hall–Kier alpha value is -2.98. The zero-order valence-electron chi connectivity index (χ0n) is 31.1. The zero-order valence-corrected chi connectivity index (χ0v) is 31.1. The van der Waals surface area contributed by atoms with Crippen molar-refractivity contribution < 1.29 is 23.9 Å². The molecule has 3 aliphatic heterocycles. The van der Waals surface area contributed by atoms with E-state index < -0.39 is 17.5 Å². The third-order valence-corrected chi connectivity index (χ3v) is 11.5. The van der Waals surface area contributed by atoms with Crippen LogP contribution in [-0.2, 0) is 30.3 Å². The maximum atomic E-state index is 14.2. The molecule has 6 atom stereocenters. The van der Waals surface area contributed by atoms with Crippen LogP contribution in [0.25, 0.3) is 0 Å². The van der Waals surface area contributed by atoms with E-state index in [-0.39, 0.29) is 53.8 Å². The van der Waals surface area contributed by atoms with Crippen LogP contribution in [-0.4, -0.2) is 114 Å². The second kappa shape index (κ2) is 15.9. The predicted octanol–water partition coefficient (Wildman–Crippen LogP) is 4.56. The second-order valence-corrected chi connectivity index (χ2v) is 16.4. The van der Waals surface area contributed by atoms with Crippen LogP contribution in [0.3, 0.4) is 0 Å². The lowest BCUT2D eigenvalue weighted by molar-refractivity contribution is -0.160. The number of carbonyl (C=O) groups is 4. The minimum atomic E-state index is -0.676. The molecule has 3 fully saturated rings. The first kappa shape index (κ1) is 37.3. The Balaban J connectivity index is 1.25. The van der Waals surface area contributed by atoms with Crippen LogP contribution < -0.4 is 5.32 Å². The quantitative estimate of drug-likeness (QED) is 0.362. The molecule has 0 aromatic heterocycles. The van der Waals surface area contributed by atoms with Crippen molar-refractivity contribution in [2.75, 3.05) is 40.3 Å². The standard InChI is InChI=1S/C39H61N5O5/c1-26(2)32(42(7)37(47)34(39(3,4)5)40-35(45)29-18-10-11-22-41(29)6)25-43-23-13-19-30(43)36(46)44-24-14-20-31(44)38(48)49-33-21-12-16-27-15-8-9-17-28(27)33/h8-9,15,17,26,29-34H,10-14,16,18-25H2,1-7H3,(H,40,45)/t29-,30+,31+,32-,33?,34-/m1/s1. The van der Waals surface area contributed by atoms with E-state index >= 15 is 0 Å². The normalized spacial score (nSPS) is 26.2. The molecule has 3 amide bonds. The highest BCUT2D eigenvalue weighted by molar-refractivity contribution is 5.91. The molecule has 5 rings (SSSR count). The van der Waals surface area contributed by atoms with Gasteiger partial charge in [0.25, 0.3) is 0 Å². The van der Waals surface area contributed by atoms with E-state index in [9.17, 15) is 19.2 Å². The molecule has 1 aromatic carbocycles. The summed E-state index contributed by atoms with van der Waals surface area (Å²) in [6.45, 7) is 13.0. The summed E-state index contributed by atoms with van der Waals surface area (Å²) < 4.78 is 6.12. The van der Waals surface area contributed by atoms with E-state index in [0.717, 1.165) is 76.4 Å². The highest BCUT2D eigenvalue weighted by Crippen LogP contribution is 2.34. The summed E-state index contributed by atoms with van der Waals surface area (Å²) in [7, 11) is 3.82. The fourth-order valence-electron chi connectivity index (χ4n) is 8.52. The Labute approximate surface area is 294 Å². The molecule has 1 aliphatic carbocycles. The Bertz CT molecular complexity index is 1340. The van der Waals surface area contributed by atoms with Crippen LogP contribution in [0.1, 0.15) is 110 Å². The zero-order chi connectivity index (χ0) is 35.5. The summed E-state index contributed by atoms with van der Waals surface area (Å²) in [6, 6.07) is 6.23. The monoisotopic (exact) mass is 679 g/mol. The number of benzene rings is 1. The SMILES string of the molecule is CC(C)[C@@H](CN1CCC[C@H]1C(=O)N1CCC[C@H]1C(=O)OC1CCCc2ccccc21)N(C)C(=O)[C@@H](NC(=O)[C@H]1CCCCN1C)C(C)(C)C. The number of hydrogen-bond acceptors (Lipinski definition) is 7. The Morgan fingerprint density at radius 2 is 1.59 bits per heavy atom. The van der Waals surface area contributed by atoms with Gasteiger partial charge >= 0.3 is 5.97 Å². The molecular weight excluding hydrogens is 618 g/mol. The number of fused-ring (bicyclic) bond motifs is 1. The van der Waals surface area contributed by atoms with Crippen molar-refractivity contribution in [1.82, 2.24) is 24.9 Å². The van der Waals surface area contributed by atoms with E-state index in [4.69, 9.17) is 4.74 Å². The molecular formula is C39H61N5O5. The molecule has 0 radical (unpaired) electrons. The van der Waals surface area contributed by atoms with E-state index in [1.54, 1.807) is 4.90 Å². The molecule has 0 spiro atoms. The van der Waals surface area contributed by atoms with Crippen molar-refractivity contribution in [2.45, 2.75) is 135 Å². The smallest absolute Gasteiger partial charge is 0.329 e.